The van der Waals surface area contributed by atoms with E-state index in [9.17, 15) is 20.0 Å². The van der Waals surface area contributed by atoms with Crippen molar-refractivity contribution in [1.29, 1.82) is 0 Å². The van der Waals surface area contributed by atoms with Crippen LogP contribution in [0.2, 0.25) is 6.32 Å². The van der Waals surface area contributed by atoms with Crippen molar-refractivity contribution in [1.82, 2.24) is 19.9 Å². The van der Waals surface area contributed by atoms with Gasteiger partial charge in [-0.2, -0.15) is 0 Å². The largest absolute Gasteiger partial charge is 0.487 e. The summed E-state index contributed by atoms with van der Waals surface area (Å²) >= 11 is 0. The number of nitrogens with one attached hydrogen (secondary N) is 1. The number of hydrogen-bond acceptors (Lipinski definition) is 9. The van der Waals surface area contributed by atoms with Crippen LogP contribution in [0.5, 0.6) is 0 Å². The summed E-state index contributed by atoms with van der Waals surface area (Å²) in [6.07, 6.45) is 7.71. The second-order valence-electron chi connectivity index (χ2n) is 8.26. The number of aromatic nitrogens is 2. The molecule has 1 aromatic heterocycles. The molecule has 0 aromatic carbocycles. The number of carbonyl (C=O) groups is 1. The molecule has 0 radical (unpaired) electrons. The van der Waals surface area contributed by atoms with Gasteiger partial charge in [0, 0.05) is 38.8 Å². The molecule has 0 saturated carbocycles. The van der Waals surface area contributed by atoms with Crippen molar-refractivity contribution in [2.45, 2.75) is 45.0 Å². The molecule has 0 spiro atoms. The number of hydrogen-bond donors (Lipinski definition) is 5. The molecule has 11 nitrogen and oxygen atoms in total. The van der Waals surface area contributed by atoms with Crippen LogP contribution in [-0.4, -0.2) is 81.3 Å². The molecule has 2 unspecified atom stereocenters. The quantitative estimate of drug-likeness (QED) is 0.186. The highest BCUT2D eigenvalue weighted by atomic mass is 16.5. The maximum atomic E-state index is 11.7. The Balaban J connectivity index is 1.56. The predicted molar refractivity (Wildman–Crippen MR) is 117 cm³/mol. The summed E-state index contributed by atoms with van der Waals surface area (Å²) in [5, 5.41) is 30.0. The number of aliphatic carboxylic acids is 1. The fourth-order valence-electron chi connectivity index (χ4n) is 3.58. The van der Waals surface area contributed by atoms with E-state index in [1.807, 2.05) is 28.7 Å². The predicted octanol–water partition coefficient (Wildman–Crippen LogP) is -0.660. The Labute approximate surface area is 187 Å². The Morgan fingerprint density at radius 2 is 2.28 bits per heavy atom. The summed E-state index contributed by atoms with van der Waals surface area (Å²) in [7, 11) is -1.01. The Morgan fingerprint density at radius 3 is 3.00 bits per heavy atom. The van der Waals surface area contributed by atoms with Crippen molar-refractivity contribution in [2.75, 3.05) is 26.2 Å². The number of carboxylic acids is 1. The lowest BCUT2D eigenvalue weighted by Crippen LogP contribution is -2.57. The first-order chi connectivity index (χ1) is 15.4. The fraction of sp³-hybridized carbons (Fsp3) is 0.600. The van der Waals surface area contributed by atoms with E-state index in [2.05, 4.69) is 10.4 Å². The van der Waals surface area contributed by atoms with E-state index in [0.29, 0.717) is 38.9 Å². The number of nitrogens with two attached hydrogens (primary N) is 1. The van der Waals surface area contributed by atoms with Crippen LogP contribution < -0.4 is 11.3 Å². The summed E-state index contributed by atoms with van der Waals surface area (Å²) < 4.78 is 13.1. The topological polar surface area (TPSA) is 155 Å². The molecule has 0 bridgehead atoms. The Bertz CT molecular complexity index is 825. The van der Waals surface area contributed by atoms with Crippen LogP contribution in [0.1, 0.15) is 19.0 Å². The number of aliphatic hydroxyl groups excluding tert-OH is 1. The molecule has 1 saturated heterocycles. The van der Waals surface area contributed by atoms with Crippen molar-refractivity contribution in [3.63, 3.8) is 0 Å². The van der Waals surface area contributed by atoms with E-state index in [1.54, 1.807) is 12.4 Å². The molecular formula is C20H32BN5O6. The molecule has 1 fully saturated rings. The molecule has 32 heavy (non-hydrogen) atoms. The van der Waals surface area contributed by atoms with Gasteiger partial charge in [-0.3, -0.25) is 16.2 Å². The lowest BCUT2D eigenvalue weighted by molar-refractivity contribution is -0.134. The number of likely N-dealkylation sites (tertiary alicyclic amines) is 1. The van der Waals surface area contributed by atoms with Crippen LogP contribution in [0, 0.1) is 5.92 Å². The van der Waals surface area contributed by atoms with Gasteiger partial charge >= 0.3 is 13.1 Å². The van der Waals surface area contributed by atoms with Crippen molar-refractivity contribution >= 4 is 13.1 Å². The molecule has 6 N–H and O–H groups in total. The van der Waals surface area contributed by atoms with Crippen LogP contribution in [0.25, 0.3) is 0 Å². The van der Waals surface area contributed by atoms with Crippen LogP contribution in [-0.2, 0) is 27.2 Å². The lowest BCUT2D eigenvalue weighted by Gasteiger charge is -2.42. The van der Waals surface area contributed by atoms with Crippen molar-refractivity contribution in [3.8, 4) is 0 Å². The molecule has 2 aliphatic rings. The number of hydrazine groups is 1. The maximum absolute atomic E-state index is 11.7. The summed E-state index contributed by atoms with van der Waals surface area (Å²) in [4.78, 5) is 17.9. The number of ether oxygens (including phenoxy) is 1. The first-order valence-electron chi connectivity index (χ1n) is 10.8. The average Bonchev–Trinajstić information content (AvgIpc) is 3.16. The van der Waals surface area contributed by atoms with Crippen LogP contribution in [0.15, 0.2) is 36.0 Å². The van der Waals surface area contributed by atoms with E-state index in [0.717, 1.165) is 12.1 Å². The minimum atomic E-state index is -1.15. The smallest absolute Gasteiger partial charge is 0.454 e. The van der Waals surface area contributed by atoms with Crippen LogP contribution >= 0.6 is 0 Å². The highest BCUT2D eigenvalue weighted by Gasteiger charge is 2.34. The number of rotatable bonds is 9. The standard InChI is InChI=1S/C20H32BN5O6/c1-14-2-3-18(17(20(28)29)12-31-21(30)5-4-14)32-16-10-26(11-16)19(27)8-15-9-25(13-23-15)7-6-24-22/h2-3,9,13-14,16,19,24,27,30H,4-8,10-12,22H2,1H3,(H,28,29)/b3-2-,18-17-. The van der Waals surface area contributed by atoms with Gasteiger partial charge in [0.05, 0.1) is 18.6 Å². The molecule has 0 amide bonds. The zero-order chi connectivity index (χ0) is 23.1. The van der Waals surface area contributed by atoms with Crippen molar-refractivity contribution in [2.24, 2.45) is 11.8 Å². The number of allylic oxidation sites excluding steroid dienone is 2. The number of carboxylic acid groups (broad SMARTS) is 1. The molecule has 3 heterocycles. The lowest BCUT2D eigenvalue weighted by atomic mass is 9.80. The fourth-order valence-corrected chi connectivity index (χ4v) is 3.58. The van der Waals surface area contributed by atoms with Crippen molar-refractivity contribution in [3.05, 3.63) is 41.7 Å². The number of nitrogens with zero attached hydrogens (tertiary/aromatic N) is 3. The van der Waals surface area contributed by atoms with Gasteiger partial charge in [-0.1, -0.05) is 13.0 Å². The first-order valence-corrected chi connectivity index (χ1v) is 10.8. The summed E-state index contributed by atoms with van der Waals surface area (Å²) in [5.41, 5.74) is 3.32. The van der Waals surface area contributed by atoms with Crippen LogP contribution in [0.3, 0.4) is 0 Å². The van der Waals surface area contributed by atoms with Gasteiger partial charge in [0.1, 0.15) is 23.7 Å². The van der Waals surface area contributed by atoms with Gasteiger partial charge in [-0.05, 0) is 24.7 Å². The minimum absolute atomic E-state index is 0.0362. The Kier molecular flexibility index (Phi) is 8.85. The maximum Gasteiger partial charge on any atom is 0.454 e. The van der Waals surface area contributed by atoms with E-state index in [4.69, 9.17) is 15.2 Å². The molecule has 176 valence electrons. The van der Waals surface area contributed by atoms with Crippen LogP contribution in [0.4, 0.5) is 0 Å². The zero-order valence-corrected chi connectivity index (χ0v) is 18.3. The van der Waals surface area contributed by atoms with Gasteiger partial charge in [0.15, 0.2) is 0 Å². The Hall–Kier alpha value is -2.22. The van der Waals surface area contributed by atoms with Crippen molar-refractivity contribution < 1.29 is 29.4 Å². The van der Waals surface area contributed by atoms with E-state index >= 15 is 0 Å². The van der Waals surface area contributed by atoms with E-state index in [1.165, 1.54) is 0 Å². The van der Waals surface area contributed by atoms with Gasteiger partial charge in [-0.15, -0.1) is 0 Å². The first kappa shape index (κ1) is 24.4. The number of imidazole rings is 1. The molecule has 1 aromatic rings. The van der Waals surface area contributed by atoms with E-state index in [-0.39, 0.29) is 30.0 Å². The highest BCUT2D eigenvalue weighted by Crippen LogP contribution is 2.23. The third-order valence-corrected chi connectivity index (χ3v) is 5.60. The van der Waals surface area contributed by atoms with E-state index < -0.39 is 19.3 Å². The molecule has 0 aliphatic carbocycles. The minimum Gasteiger partial charge on any atom is -0.487 e. The molecular weight excluding hydrogens is 417 g/mol. The molecule has 2 aliphatic heterocycles. The average molecular weight is 449 g/mol. The van der Waals surface area contributed by atoms with Gasteiger partial charge < -0.3 is 29.2 Å². The number of aliphatic hydroxyl groups is 1. The Morgan fingerprint density at radius 1 is 1.50 bits per heavy atom. The normalized spacial score (nSPS) is 25.2. The highest BCUT2D eigenvalue weighted by molar-refractivity contribution is 6.42. The molecule has 12 heteroatoms. The van der Waals surface area contributed by atoms with Gasteiger partial charge in [-0.25, -0.2) is 9.78 Å². The monoisotopic (exact) mass is 449 g/mol. The third kappa shape index (κ3) is 6.89. The molecule has 2 atom stereocenters. The third-order valence-electron chi connectivity index (χ3n) is 5.60. The van der Waals surface area contributed by atoms with Gasteiger partial charge in [0.25, 0.3) is 0 Å². The SMILES string of the molecule is CC1/C=C\C(OC2CN(C(O)Cc3cn(CCNN)cn3)C2)=C(\C(=O)O)COB(O)CC1. The summed E-state index contributed by atoms with van der Waals surface area (Å²) in [6.45, 7) is 3.97. The molecule has 3 rings (SSSR count). The second-order valence-corrected chi connectivity index (χ2v) is 8.26. The zero-order valence-electron chi connectivity index (χ0n) is 18.3. The summed E-state index contributed by atoms with van der Waals surface area (Å²) in [6, 6.07) is 0. The van der Waals surface area contributed by atoms with Gasteiger partial charge in [0.2, 0.25) is 0 Å². The summed E-state index contributed by atoms with van der Waals surface area (Å²) in [5.74, 6) is 4.49. The second kappa shape index (κ2) is 11.6.